The van der Waals surface area contributed by atoms with Gasteiger partial charge in [0.1, 0.15) is 4.90 Å². The summed E-state index contributed by atoms with van der Waals surface area (Å²) in [4.78, 5) is 4.99. The summed E-state index contributed by atoms with van der Waals surface area (Å²) < 4.78 is 27.4. The fourth-order valence-corrected chi connectivity index (χ4v) is 5.11. The van der Waals surface area contributed by atoms with E-state index in [1.54, 1.807) is 4.31 Å². The van der Waals surface area contributed by atoms with Gasteiger partial charge < -0.3 is 0 Å². The average molecular weight is 382 g/mol. The first-order chi connectivity index (χ1) is 13.0. The minimum Gasteiger partial charge on any atom is -0.284 e. The zero-order valence-corrected chi connectivity index (χ0v) is 16.0. The normalized spacial score (nSPS) is 18.0. The lowest BCUT2D eigenvalue weighted by atomic mass is 10.1. The quantitative estimate of drug-likeness (QED) is 0.735. The number of nitrogens with one attached hydrogen (secondary N) is 1. The van der Waals surface area contributed by atoms with Gasteiger partial charge in [0.25, 0.3) is 0 Å². The maximum atomic E-state index is 12.9. The molecule has 0 bridgehead atoms. The molecular weight excluding hydrogens is 360 g/mol. The minimum atomic E-state index is -3.57. The van der Waals surface area contributed by atoms with Crippen LogP contribution in [0, 0.1) is 6.92 Å². The molecule has 1 fully saturated rings. The highest BCUT2D eigenvalue weighted by Crippen LogP contribution is 2.35. The number of sulfonamides is 1. The molecule has 1 atom stereocenters. The molecule has 0 saturated carbocycles. The van der Waals surface area contributed by atoms with Crippen LogP contribution in [0.1, 0.15) is 41.4 Å². The second-order valence-corrected chi connectivity index (χ2v) is 8.81. The van der Waals surface area contributed by atoms with Crippen molar-refractivity contribution in [1.29, 1.82) is 0 Å². The molecule has 1 saturated heterocycles. The maximum Gasteiger partial charge on any atom is 0.246 e. The molecule has 27 heavy (non-hydrogen) atoms. The van der Waals surface area contributed by atoms with Crippen molar-refractivity contribution < 1.29 is 8.42 Å². The van der Waals surface area contributed by atoms with E-state index in [4.69, 9.17) is 4.98 Å². The topological polar surface area (TPSA) is 79.0 Å². The fraction of sp³-hybridized carbons (Fsp3) is 0.300. The molecule has 0 aliphatic carbocycles. The molecule has 2 aromatic heterocycles. The zero-order valence-electron chi connectivity index (χ0n) is 15.2. The van der Waals surface area contributed by atoms with Gasteiger partial charge in [0.15, 0.2) is 0 Å². The Morgan fingerprint density at radius 3 is 2.74 bits per heavy atom. The first kappa shape index (κ1) is 17.9. The van der Waals surface area contributed by atoms with Crippen LogP contribution in [0.15, 0.2) is 59.8 Å². The number of aromatic nitrogens is 3. The van der Waals surface area contributed by atoms with Gasteiger partial charge in [0, 0.05) is 24.9 Å². The molecule has 1 aliphatic heterocycles. The second-order valence-electron chi connectivity index (χ2n) is 6.92. The van der Waals surface area contributed by atoms with E-state index in [-0.39, 0.29) is 10.9 Å². The summed E-state index contributed by atoms with van der Waals surface area (Å²) in [5.74, 6) is 0. The van der Waals surface area contributed by atoms with Crippen LogP contribution in [0.5, 0.6) is 0 Å². The number of benzene rings is 1. The molecule has 0 unspecified atom stereocenters. The Kier molecular flexibility index (Phi) is 4.80. The third kappa shape index (κ3) is 3.65. The Labute approximate surface area is 159 Å². The van der Waals surface area contributed by atoms with E-state index >= 15 is 0 Å². The molecule has 3 heterocycles. The number of hydrogen-bond donors (Lipinski definition) is 1. The van der Waals surface area contributed by atoms with Gasteiger partial charge in [-0.15, -0.1) is 0 Å². The van der Waals surface area contributed by atoms with Crippen molar-refractivity contribution in [3.63, 3.8) is 0 Å². The molecule has 1 aromatic carbocycles. The summed E-state index contributed by atoms with van der Waals surface area (Å²) in [5.41, 5.74) is 4.18. The summed E-state index contributed by atoms with van der Waals surface area (Å²) in [6.45, 7) is 2.57. The number of pyridine rings is 1. The van der Waals surface area contributed by atoms with E-state index in [9.17, 15) is 8.42 Å². The summed E-state index contributed by atoms with van der Waals surface area (Å²) in [6.07, 6.45) is 5.11. The Morgan fingerprint density at radius 1 is 1.19 bits per heavy atom. The van der Waals surface area contributed by atoms with Crippen LogP contribution in [-0.4, -0.2) is 34.4 Å². The number of aromatic amines is 1. The van der Waals surface area contributed by atoms with Gasteiger partial charge in [0.2, 0.25) is 10.0 Å². The summed E-state index contributed by atoms with van der Waals surface area (Å²) in [6, 6.07) is 14.0. The van der Waals surface area contributed by atoms with Crippen LogP contribution in [0.2, 0.25) is 0 Å². The standard InChI is InChI=1S/C20H22N4O2S/c1-15-7-9-16(10-8-15)12-17-4-2-5-19(23-17)20-6-3-11-24(20)27(25,26)18-13-21-22-14-18/h2,4-5,7-10,13-14,20H,3,6,11-12H2,1H3,(H,21,22)/t20-/m1/s1. The van der Waals surface area contributed by atoms with Crippen molar-refractivity contribution in [3.8, 4) is 0 Å². The van der Waals surface area contributed by atoms with Crippen molar-refractivity contribution in [2.45, 2.75) is 37.1 Å². The Morgan fingerprint density at radius 2 is 2.00 bits per heavy atom. The predicted octanol–water partition coefficient (Wildman–Crippen LogP) is 3.23. The van der Waals surface area contributed by atoms with E-state index in [1.165, 1.54) is 23.5 Å². The third-order valence-electron chi connectivity index (χ3n) is 4.96. The smallest absolute Gasteiger partial charge is 0.246 e. The molecule has 4 rings (SSSR count). The van der Waals surface area contributed by atoms with Crippen LogP contribution in [0.25, 0.3) is 0 Å². The molecule has 1 N–H and O–H groups in total. The zero-order chi connectivity index (χ0) is 18.9. The first-order valence-electron chi connectivity index (χ1n) is 9.06. The molecule has 3 aromatic rings. The average Bonchev–Trinajstić information content (AvgIpc) is 3.36. The van der Waals surface area contributed by atoms with Crippen LogP contribution < -0.4 is 0 Å². The number of rotatable bonds is 5. The highest BCUT2D eigenvalue weighted by atomic mass is 32.2. The van der Waals surface area contributed by atoms with Gasteiger partial charge >= 0.3 is 0 Å². The third-order valence-corrected chi connectivity index (χ3v) is 6.83. The van der Waals surface area contributed by atoms with Crippen molar-refractivity contribution in [2.75, 3.05) is 6.54 Å². The number of hydrogen-bond acceptors (Lipinski definition) is 4. The Balaban J connectivity index is 1.60. The summed E-state index contributed by atoms with van der Waals surface area (Å²) in [7, 11) is -3.57. The lowest BCUT2D eigenvalue weighted by molar-refractivity contribution is 0.390. The van der Waals surface area contributed by atoms with Crippen LogP contribution in [0.4, 0.5) is 0 Å². The molecule has 0 spiro atoms. The van der Waals surface area contributed by atoms with Gasteiger partial charge in [-0.25, -0.2) is 8.42 Å². The number of aryl methyl sites for hydroxylation is 1. The highest BCUT2D eigenvalue weighted by molar-refractivity contribution is 7.89. The Hall–Kier alpha value is -2.51. The first-order valence-corrected chi connectivity index (χ1v) is 10.5. The number of H-pyrrole nitrogens is 1. The Bertz CT molecular complexity index is 1010. The lowest BCUT2D eigenvalue weighted by Gasteiger charge is -2.23. The largest absolute Gasteiger partial charge is 0.284 e. The van der Waals surface area contributed by atoms with Crippen LogP contribution >= 0.6 is 0 Å². The van der Waals surface area contributed by atoms with E-state index in [2.05, 4.69) is 41.4 Å². The van der Waals surface area contributed by atoms with Crippen molar-refractivity contribution in [1.82, 2.24) is 19.5 Å². The SMILES string of the molecule is Cc1ccc(Cc2cccc([C@H]3CCCN3S(=O)(=O)c3cn[nH]c3)n2)cc1. The van der Waals surface area contributed by atoms with Crippen molar-refractivity contribution in [2.24, 2.45) is 0 Å². The van der Waals surface area contributed by atoms with Gasteiger partial charge in [-0.05, 0) is 37.5 Å². The minimum absolute atomic E-state index is 0.199. The molecule has 0 radical (unpaired) electrons. The monoisotopic (exact) mass is 382 g/mol. The van der Waals surface area contributed by atoms with Gasteiger partial charge in [-0.1, -0.05) is 35.9 Å². The fourth-order valence-electron chi connectivity index (χ4n) is 3.54. The molecule has 1 aliphatic rings. The van der Waals surface area contributed by atoms with E-state index in [0.717, 1.165) is 30.7 Å². The van der Waals surface area contributed by atoms with Crippen LogP contribution in [0.3, 0.4) is 0 Å². The lowest BCUT2D eigenvalue weighted by Crippen LogP contribution is -2.31. The maximum absolute atomic E-state index is 12.9. The second kappa shape index (κ2) is 7.25. The predicted molar refractivity (Wildman–Crippen MR) is 103 cm³/mol. The molecular formula is C20H22N4O2S. The van der Waals surface area contributed by atoms with E-state index in [1.807, 2.05) is 18.2 Å². The van der Waals surface area contributed by atoms with Crippen molar-refractivity contribution in [3.05, 3.63) is 77.4 Å². The highest BCUT2D eigenvalue weighted by Gasteiger charge is 2.37. The molecule has 6 nitrogen and oxygen atoms in total. The van der Waals surface area contributed by atoms with E-state index < -0.39 is 10.0 Å². The number of nitrogens with zero attached hydrogens (tertiary/aromatic N) is 3. The molecule has 0 amide bonds. The van der Waals surface area contributed by atoms with Crippen molar-refractivity contribution >= 4 is 10.0 Å². The van der Waals surface area contributed by atoms with E-state index in [0.29, 0.717) is 6.54 Å². The van der Waals surface area contributed by atoms with Gasteiger partial charge in [-0.2, -0.15) is 9.40 Å². The molecule has 7 heteroatoms. The summed E-state index contributed by atoms with van der Waals surface area (Å²) in [5, 5.41) is 6.36. The van der Waals surface area contributed by atoms with Crippen LogP contribution in [-0.2, 0) is 16.4 Å². The summed E-state index contributed by atoms with van der Waals surface area (Å²) >= 11 is 0. The molecule has 140 valence electrons. The van der Waals surface area contributed by atoms with Gasteiger partial charge in [-0.3, -0.25) is 10.1 Å². The van der Waals surface area contributed by atoms with Gasteiger partial charge in [0.05, 0.1) is 17.9 Å².